The second kappa shape index (κ2) is 9.26. The number of morpholine rings is 1. The van der Waals surface area contributed by atoms with Crippen LogP contribution in [0.25, 0.3) is 21.7 Å². The Morgan fingerprint density at radius 1 is 0.970 bits per heavy atom. The summed E-state index contributed by atoms with van der Waals surface area (Å²) in [4.78, 5) is 27.1. The molecule has 4 aromatic rings. The number of carbonyl (C=O) groups excluding carboxylic acids is 2. The number of aromatic nitrogens is 1. The highest BCUT2D eigenvalue weighted by atomic mass is 16.5. The molecule has 2 amide bonds. The molecule has 5 rings (SSSR count). The summed E-state index contributed by atoms with van der Waals surface area (Å²) in [7, 11) is 0. The van der Waals surface area contributed by atoms with Crippen LogP contribution < -0.4 is 5.43 Å². The normalized spacial score (nSPS) is 14.2. The van der Waals surface area contributed by atoms with Crippen molar-refractivity contribution in [1.82, 2.24) is 14.9 Å². The lowest BCUT2D eigenvalue weighted by molar-refractivity contribution is -0.135. The first kappa shape index (κ1) is 20.9. The van der Waals surface area contributed by atoms with Crippen molar-refractivity contribution in [1.29, 1.82) is 0 Å². The zero-order valence-electron chi connectivity index (χ0n) is 18.1. The van der Waals surface area contributed by atoms with E-state index in [4.69, 9.17) is 4.74 Å². The zero-order valence-corrected chi connectivity index (χ0v) is 18.1. The average Bonchev–Trinajstić information content (AvgIpc) is 3.21. The van der Waals surface area contributed by atoms with Gasteiger partial charge in [-0.3, -0.25) is 9.59 Å². The molecule has 0 aliphatic carbocycles. The van der Waals surface area contributed by atoms with Crippen LogP contribution in [0.4, 0.5) is 0 Å². The predicted octanol–water partition coefficient (Wildman–Crippen LogP) is 3.42. The molecule has 0 spiro atoms. The van der Waals surface area contributed by atoms with Crippen molar-refractivity contribution < 1.29 is 14.3 Å². The van der Waals surface area contributed by atoms with Gasteiger partial charge < -0.3 is 14.2 Å². The van der Waals surface area contributed by atoms with E-state index in [-0.39, 0.29) is 18.4 Å². The molecular weight excluding hydrogens is 416 g/mol. The molecule has 1 N–H and O–H groups in total. The Morgan fingerprint density at radius 3 is 2.58 bits per heavy atom. The minimum Gasteiger partial charge on any atom is -0.378 e. The van der Waals surface area contributed by atoms with Gasteiger partial charge in [0.1, 0.15) is 6.54 Å². The summed E-state index contributed by atoms with van der Waals surface area (Å²) in [6.07, 6.45) is 3.52. The number of amides is 2. The summed E-state index contributed by atoms with van der Waals surface area (Å²) in [6.45, 7) is 2.64. The number of rotatable bonds is 5. The van der Waals surface area contributed by atoms with Gasteiger partial charge in [0, 0.05) is 41.3 Å². The Kier molecular flexibility index (Phi) is 5.87. The highest BCUT2D eigenvalue weighted by Gasteiger charge is 2.18. The molecule has 1 aliphatic heterocycles. The van der Waals surface area contributed by atoms with E-state index in [2.05, 4.69) is 10.5 Å². The fourth-order valence-electron chi connectivity index (χ4n) is 4.12. The van der Waals surface area contributed by atoms with Crippen molar-refractivity contribution >= 4 is 39.7 Å². The largest absolute Gasteiger partial charge is 0.378 e. The molecule has 0 saturated carbocycles. The molecule has 1 aromatic heterocycles. The minimum absolute atomic E-state index is 0.0622. The number of ether oxygens (including phenoxy) is 1. The van der Waals surface area contributed by atoms with Gasteiger partial charge in [0.15, 0.2) is 0 Å². The molecule has 33 heavy (non-hydrogen) atoms. The van der Waals surface area contributed by atoms with Gasteiger partial charge in [0.05, 0.1) is 19.4 Å². The topological polar surface area (TPSA) is 75.9 Å². The van der Waals surface area contributed by atoms with Crippen LogP contribution in [-0.2, 0) is 16.1 Å². The first-order valence-corrected chi connectivity index (χ1v) is 10.9. The van der Waals surface area contributed by atoms with Crippen molar-refractivity contribution in [2.45, 2.75) is 6.54 Å². The maximum absolute atomic E-state index is 12.7. The maximum atomic E-state index is 12.7. The van der Waals surface area contributed by atoms with E-state index >= 15 is 0 Å². The molecular formula is C26H24N4O3. The summed E-state index contributed by atoms with van der Waals surface area (Å²) < 4.78 is 7.27. The smallest absolute Gasteiger partial charge is 0.271 e. The second-order valence-corrected chi connectivity index (χ2v) is 7.98. The molecule has 1 saturated heterocycles. The summed E-state index contributed by atoms with van der Waals surface area (Å²) in [5.41, 5.74) is 4.93. The van der Waals surface area contributed by atoms with Gasteiger partial charge in [0.2, 0.25) is 5.91 Å². The average molecular weight is 441 g/mol. The predicted molar refractivity (Wildman–Crippen MR) is 128 cm³/mol. The van der Waals surface area contributed by atoms with Crippen molar-refractivity contribution in [3.8, 4) is 0 Å². The highest BCUT2D eigenvalue weighted by Crippen LogP contribution is 2.20. The molecule has 7 nitrogen and oxygen atoms in total. The van der Waals surface area contributed by atoms with Gasteiger partial charge >= 0.3 is 0 Å². The lowest BCUT2D eigenvalue weighted by Crippen LogP contribution is -2.42. The van der Waals surface area contributed by atoms with Crippen LogP contribution >= 0.6 is 0 Å². The molecule has 166 valence electrons. The Morgan fingerprint density at radius 2 is 1.73 bits per heavy atom. The molecule has 0 bridgehead atoms. The van der Waals surface area contributed by atoms with Crippen molar-refractivity contribution in [2.24, 2.45) is 5.10 Å². The van der Waals surface area contributed by atoms with E-state index in [0.29, 0.717) is 31.9 Å². The quantitative estimate of drug-likeness (QED) is 0.382. The van der Waals surface area contributed by atoms with Crippen LogP contribution in [-0.4, -0.2) is 53.8 Å². The molecule has 7 heteroatoms. The SMILES string of the molecule is O=C(NN=Cc1cn(CC(=O)N2CCOCC2)c2ccccc12)c1ccc2ccccc2c1. The summed E-state index contributed by atoms with van der Waals surface area (Å²) >= 11 is 0. The molecule has 0 atom stereocenters. The Bertz CT molecular complexity index is 1350. The number of para-hydroxylation sites is 1. The van der Waals surface area contributed by atoms with Crippen molar-refractivity contribution in [3.05, 3.63) is 84.1 Å². The van der Waals surface area contributed by atoms with Crippen molar-refractivity contribution in [3.63, 3.8) is 0 Å². The lowest BCUT2D eigenvalue weighted by Gasteiger charge is -2.27. The number of nitrogens with one attached hydrogen (secondary N) is 1. The summed E-state index contributed by atoms with van der Waals surface area (Å²) in [5.74, 6) is -0.213. The number of benzene rings is 3. The van der Waals surface area contributed by atoms with E-state index in [1.54, 1.807) is 12.3 Å². The van der Waals surface area contributed by atoms with Crippen LogP contribution in [0.2, 0.25) is 0 Å². The Labute approximate surface area is 191 Å². The number of hydrazone groups is 1. The molecule has 3 aromatic carbocycles. The highest BCUT2D eigenvalue weighted by molar-refractivity contribution is 6.02. The van der Waals surface area contributed by atoms with E-state index in [0.717, 1.165) is 27.2 Å². The number of hydrogen-bond acceptors (Lipinski definition) is 4. The maximum Gasteiger partial charge on any atom is 0.271 e. The fourth-order valence-corrected chi connectivity index (χ4v) is 4.12. The van der Waals surface area contributed by atoms with E-state index in [1.165, 1.54) is 0 Å². The van der Waals surface area contributed by atoms with E-state index in [9.17, 15) is 9.59 Å². The molecule has 1 aliphatic rings. The second-order valence-electron chi connectivity index (χ2n) is 7.98. The van der Waals surface area contributed by atoms with Gasteiger partial charge in [-0.2, -0.15) is 5.10 Å². The van der Waals surface area contributed by atoms with Gasteiger partial charge in [-0.15, -0.1) is 0 Å². The van der Waals surface area contributed by atoms with Crippen LogP contribution in [0.5, 0.6) is 0 Å². The van der Waals surface area contributed by atoms with E-state index < -0.39 is 0 Å². The monoisotopic (exact) mass is 440 g/mol. The molecule has 0 radical (unpaired) electrons. The molecule has 2 heterocycles. The van der Waals surface area contributed by atoms with Gasteiger partial charge in [0.25, 0.3) is 5.91 Å². The number of fused-ring (bicyclic) bond motifs is 2. The number of nitrogens with zero attached hydrogens (tertiary/aromatic N) is 3. The van der Waals surface area contributed by atoms with Crippen molar-refractivity contribution in [2.75, 3.05) is 26.3 Å². The van der Waals surface area contributed by atoms with Crippen LogP contribution in [0.3, 0.4) is 0 Å². The van der Waals surface area contributed by atoms with Gasteiger partial charge in [-0.25, -0.2) is 5.43 Å². The number of carbonyl (C=O) groups is 2. The fraction of sp³-hybridized carbons (Fsp3) is 0.192. The Hall–Kier alpha value is -3.97. The Balaban J connectivity index is 1.32. The van der Waals surface area contributed by atoms with Crippen LogP contribution in [0.1, 0.15) is 15.9 Å². The van der Waals surface area contributed by atoms with Gasteiger partial charge in [-0.1, -0.05) is 48.5 Å². The minimum atomic E-state index is -0.275. The lowest BCUT2D eigenvalue weighted by atomic mass is 10.1. The summed E-state index contributed by atoms with van der Waals surface area (Å²) in [6, 6.07) is 21.3. The van der Waals surface area contributed by atoms with Crippen LogP contribution in [0, 0.1) is 0 Å². The summed E-state index contributed by atoms with van der Waals surface area (Å²) in [5, 5.41) is 7.23. The number of hydrogen-bond donors (Lipinski definition) is 1. The standard InChI is InChI=1S/C26H24N4O3/c31-25(29-11-13-33-14-12-29)18-30-17-22(23-7-3-4-8-24(23)30)16-27-28-26(32)21-10-9-19-5-1-2-6-20(19)15-21/h1-10,15-17H,11-14,18H2,(H,28,32). The first-order chi connectivity index (χ1) is 16.2. The third-order valence-corrected chi connectivity index (χ3v) is 5.87. The zero-order chi connectivity index (χ0) is 22.6. The van der Waals surface area contributed by atoms with E-state index in [1.807, 2.05) is 76.3 Å². The van der Waals surface area contributed by atoms with Gasteiger partial charge in [-0.05, 0) is 29.0 Å². The first-order valence-electron chi connectivity index (χ1n) is 10.9. The molecule has 0 unspecified atom stereocenters. The van der Waals surface area contributed by atoms with Crippen LogP contribution in [0.15, 0.2) is 78.0 Å². The molecule has 1 fully saturated rings. The third-order valence-electron chi connectivity index (χ3n) is 5.87. The third kappa shape index (κ3) is 4.49.